The van der Waals surface area contributed by atoms with Gasteiger partial charge in [0, 0.05) is 158 Å². The van der Waals surface area contributed by atoms with E-state index in [1.807, 2.05) is 120 Å². The van der Waals surface area contributed by atoms with Gasteiger partial charge in [-0.1, -0.05) is 119 Å². The van der Waals surface area contributed by atoms with Crippen LogP contribution in [0.3, 0.4) is 0 Å². The number of Topliss-reactive ketones (excluding diaryl/α,β-unsaturated/α-hetero) is 2. The van der Waals surface area contributed by atoms with Crippen molar-refractivity contribution in [3.05, 3.63) is 311 Å². The van der Waals surface area contributed by atoms with Crippen LogP contribution in [0, 0.1) is 17.7 Å². The van der Waals surface area contributed by atoms with E-state index in [9.17, 15) is 40.7 Å². The molecule has 142 heavy (non-hydrogen) atoms. The number of halogens is 8. The van der Waals surface area contributed by atoms with Gasteiger partial charge in [0.25, 0.3) is 11.1 Å². The van der Waals surface area contributed by atoms with Crippen molar-refractivity contribution in [1.82, 2.24) is 53.9 Å². The predicted octanol–water partition coefficient (Wildman–Crippen LogP) is 15.4. The number of thioether (sulfide) groups is 3. The number of benzene rings is 9. The smallest absolute Gasteiger partial charge is 0.573 e. The van der Waals surface area contributed by atoms with E-state index in [4.69, 9.17) is 59.9 Å². The van der Waals surface area contributed by atoms with Gasteiger partial charge in [0.1, 0.15) is 28.5 Å². The Labute approximate surface area is 835 Å². The molecule has 0 saturated carbocycles. The van der Waals surface area contributed by atoms with Crippen LogP contribution in [-0.4, -0.2) is 133 Å². The van der Waals surface area contributed by atoms with Gasteiger partial charge in [-0.3, -0.25) is 35.2 Å². The van der Waals surface area contributed by atoms with Crippen molar-refractivity contribution >= 4 is 124 Å². The lowest BCUT2D eigenvalue weighted by molar-refractivity contribution is -0.755. The summed E-state index contributed by atoms with van der Waals surface area (Å²) in [5.74, 6) is 4.56. The lowest BCUT2D eigenvalue weighted by Crippen LogP contribution is -3.00. The first-order valence-corrected chi connectivity index (χ1v) is 47.3. The molecule has 0 bridgehead atoms. The summed E-state index contributed by atoms with van der Waals surface area (Å²) in [7, 11) is 9.27. The normalized spacial score (nSPS) is 12.0. The molecule has 37 heteroatoms. The molecule has 9 aromatic carbocycles. The second-order valence-corrected chi connectivity index (χ2v) is 35.8. The standard InChI is InChI=1S/C35H30F3N5O4S.C35H30F3N5O3S.C35H32N6O3S.2ClH/c1-45-31-17-26-28(18-32(31)46-2)42-34(48-20-21-7-10-25(11-8-21)47-35(36,37)38)43(33(26)39)14-4-6-30(44)29-16-24-15-22(9-12-27(24)41-29)23-5-3-13-40-19-23;1-45-31-17-26-28(18-32(31)46-2)42-34(47-20-21-7-10-25(11-8-21)35(36,37)38)43(33(26)39)14-4-6-30(44)29-16-24-15-22(9-12-27(24)41-29)23-5-3-13-40-19-23;1-21-6-8-22(9-7-21)20-45-35-39-29-16-32(44-3)31(43-2)15-27(29)33(36)41(35)26-18-40(19-26)34(42)30-14-24-11-10-23(13-28(24)38-30)25-5-4-12-37-17-25;;/h3,5,7-13,15-19,39,41H,4,6,14,20H2,1-2H3;3,5,7-13,15-19,39,41H,4,6,14,20H2,1-2H3;4-17,26,36H,18-20H2,1-3H3,(H,38,42);2*1H. The highest BCUT2D eigenvalue weighted by Crippen LogP contribution is 2.41. The zero-order valence-electron chi connectivity index (χ0n) is 77.5. The van der Waals surface area contributed by atoms with E-state index in [1.165, 1.54) is 87.4 Å². The highest BCUT2D eigenvalue weighted by atomic mass is 35.5. The zero-order chi connectivity index (χ0) is 98.0. The van der Waals surface area contributed by atoms with Crippen molar-refractivity contribution < 1.29 is 108 Å². The van der Waals surface area contributed by atoms with Crippen LogP contribution in [0.5, 0.6) is 40.2 Å². The number of amides is 1. The van der Waals surface area contributed by atoms with Crippen molar-refractivity contribution in [3.63, 3.8) is 0 Å². The Bertz CT molecular complexity index is 7780. The fourth-order valence-electron chi connectivity index (χ4n) is 16.5. The van der Waals surface area contributed by atoms with Crippen LogP contribution in [-0.2, 0) is 36.5 Å². The number of pyridine rings is 3. The molecule has 9 aromatic heterocycles. The summed E-state index contributed by atoms with van der Waals surface area (Å²) in [6.45, 7) is 3.77. The van der Waals surface area contributed by atoms with Crippen molar-refractivity contribution in [2.75, 3.05) is 61.5 Å². The number of carbonyl (C=O) groups is 3. The topological polar surface area (TPSA) is 332 Å². The Morgan fingerprint density at radius 3 is 1.38 bits per heavy atom. The number of H-pyrrole nitrogens is 4. The summed E-state index contributed by atoms with van der Waals surface area (Å²) in [4.78, 5) is 78.0. The molecule has 1 aliphatic heterocycles. The number of aryl methyl sites for hydroxylation is 1. The minimum absolute atomic E-state index is 0. The van der Waals surface area contributed by atoms with Gasteiger partial charge in [-0.2, -0.15) is 13.2 Å². The molecule has 1 saturated heterocycles. The number of likely N-dealkylation sites (tertiary alicyclic amines) is 1. The molecule has 0 atom stereocenters. The molecule has 26 nitrogen and oxygen atoms in total. The number of alkyl halides is 6. The van der Waals surface area contributed by atoms with Crippen LogP contribution in [0.1, 0.15) is 91.0 Å². The Morgan fingerprint density at radius 2 is 0.915 bits per heavy atom. The van der Waals surface area contributed by atoms with Gasteiger partial charge in [-0.05, 0) is 168 Å². The van der Waals surface area contributed by atoms with Gasteiger partial charge in [-0.15, -0.1) is 13.2 Å². The molecule has 0 unspecified atom stereocenters. The van der Waals surface area contributed by atoms with Crippen molar-refractivity contribution in [2.45, 2.75) is 97.0 Å². The third kappa shape index (κ3) is 23.2. The van der Waals surface area contributed by atoms with E-state index in [1.54, 1.807) is 96.3 Å². The lowest BCUT2D eigenvalue weighted by Gasteiger charge is -2.38. The number of ketones is 2. The summed E-state index contributed by atoms with van der Waals surface area (Å²) in [6, 6.07) is 65.0. The molecule has 1 amide bonds. The number of anilines is 1. The van der Waals surface area contributed by atoms with Gasteiger partial charge in [-0.25, -0.2) is 19.5 Å². The van der Waals surface area contributed by atoms with Crippen molar-refractivity contribution in [2.24, 2.45) is 0 Å². The third-order valence-corrected chi connectivity index (χ3v) is 27.0. The van der Waals surface area contributed by atoms with Crippen LogP contribution in [0.2, 0.25) is 0 Å². The Balaban J connectivity index is 0.000000160. The Kier molecular flexibility index (Phi) is 32.0. The van der Waals surface area contributed by atoms with Crippen molar-refractivity contribution in [3.8, 4) is 73.6 Å². The molecule has 0 spiro atoms. The van der Waals surface area contributed by atoms with Gasteiger partial charge in [0.2, 0.25) is 5.82 Å². The number of nitrogens with one attached hydrogen (secondary N) is 6. The van der Waals surface area contributed by atoms with E-state index >= 15 is 0 Å². The number of rotatable bonds is 31. The summed E-state index contributed by atoms with van der Waals surface area (Å²) in [5, 5.41) is 24.6. The molecule has 10 heterocycles. The summed E-state index contributed by atoms with van der Waals surface area (Å²) in [6.07, 6.45) is 3.00. The zero-order valence-corrected chi connectivity index (χ0v) is 81.5. The van der Waals surface area contributed by atoms with Crippen LogP contribution >= 0.6 is 35.3 Å². The monoisotopic (exact) mass is 2020 g/mol. The number of nitrogen functional groups attached to an aromatic ring is 1. The molecule has 0 aliphatic carbocycles. The molecule has 19 rings (SSSR count). The minimum Gasteiger partial charge on any atom is -1.00 e. The number of fused-ring (bicyclic) bond motifs is 6. The van der Waals surface area contributed by atoms with Gasteiger partial charge in [0.05, 0.1) is 89.1 Å². The fraction of sp³-hybridized carbons (Fsp3) is 0.200. The highest BCUT2D eigenvalue weighted by Gasteiger charge is 2.40. The number of aromatic amines is 4. The van der Waals surface area contributed by atoms with E-state index in [-0.39, 0.29) is 77.9 Å². The van der Waals surface area contributed by atoms with E-state index < -0.39 is 18.1 Å². The molecule has 8 N–H and O–H groups in total. The number of ether oxygens (including phenoxy) is 7. The number of nitrogens with zero attached hydrogens (tertiary/aromatic N) is 9. The number of hydrogen-bond acceptors (Lipinski definition) is 21. The summed E-state index contributed by atoms with van der Waals surface area (Å²) in [5.41, 5.74) is 22.5. The molecule has 18 aromatic rings. The maximum atomic E-state index is 13.6. The lowest BCUT2D eigenvalue weighted by atomic mass is 10.1. The molecule has 728 valence electrons. The second-order valence-electron chi connectivity index (χ2n) is 33.0. The number of hydrogen-bond donors (Lipinski definition) is 6. The van der Waals surface area contributed by atoms with Crippen molar-refractivity contribution in [1.29, 1.82) is 10.8 Å². The average Bonchev–Trinajstić information content (AvgIpc) is 0.780. The number of methoxy groups -OCH3 is 6. The molecular formula is C105H94Cl2F6N16O10S3. The Hall–Kier alpha value is -14.9. The van der Waals surface area contributed by atoms with Gasteiger partial charge < -0.3 is 92.7 Å². The van der Waals surface area contributed by atoms with E-state index in [2.05, 4.69) is 88.6 Å². The quantitative estimate of drug-likeness (QED) is 0.00773. The molecule has 1 fully saturated rings. The molecule has 0 radical (unpaired) electrons. The largest absolute Gasteiger partial charge is 1.00 e. The molecular weight excluding hydrogens is 1930 g/mol. The first kappa shape index (κ1) is 102. The summed E-state index contributed by atoms with van der Waals surface area (Å²) < 4.78 is 119. The van der Waals surface area contributed by atoms with Crippen LogP contribution in [0.4, 0.5) is 32.2 Å². The molecule has 1 aliphatic rings. The van der Waals surface area contributed by atoms with E-state index in [0.717, 1.165) is 106 Å². The van der Waals surface area contributed by atoms with Crippen LogP contribution in [0.25, 0.3) is 98.8 Å². The Morgan fingerprint density at radius 1 is 0.479 bits per heavy atom. The van der Waals surface area contributed by atoms with Gasteiger partial charge in [0.15, 0.2) is 74.3 Å². The van der Waals surface area contributed by atoms with Crippen LogP contribution < -0.4 is 84.2 Å². The average molecular weight is 2020 g/mol. The number of nitrogens with two attached hydrogens (primary N) is 1. The van der Waals surface area contributed by atoms with E-state index in [0.29, 0.717) is 146 Å². The fourth-order valence-corrected chi connectivity index (χ4v) is 19.5. The highest BCUT2D eigenvalue weighted by molar-refractivity contribution is 7.98. The first-order valence-electron chi connectivity index (χ1n) is 44.3. The van der Waals surface area contributed by atoms with Gasteiger partial charge >= 0.3 is 12.5 Å². The van der Waals surface area contributed by atoms with Crippen LogP contribution in [0.15, 0.2) is 271 Å². The first-order chi connectivity index (χ1) is 67.7. The SMILES string of the molecule is COc1cc2nc(SCc3ccc(C(F)(F)F)cc3)n(CCCC(=O)c3cc4cc(-c5cccnc5)ccc4[nH]3)c(=N)c2cc1OC.COc1cc2nc(SCc3ccc(C)cc3)[n+](C3CN(C(=O)c4cc5ccc(-c6ccc[nH+]c6)cc5[nH]4)C3)c(N)c2cc1OC.COc1cc2nc(SCc3ccc(OC(F)(F)F)cc3)n(CCCC(=O)c3cc4cc(-c5cccnc5)ccc4[nH]3)c(=N)c2cc1OC.[Cl-].[Cl-]. The number of aromatic nitrogens is 12. The second kappa shape index (κ2) is 44.7. The number of carbonyl (C=O) groups excluding carboxylic acids is 3. The third-order valence-electron chi connectivity index (χ3n) is 23.9. The predicted molar refractivity (Wildman–Crippen MR) is 527 cm³/mol. The minimum atomic E-state index is -4.77. The summed E-state index contributed by atoms with van der Waals surface area (Å²) >= 11 is 4.27. The maximum absolute atomic E-state index is 13.6. The maximum Gasteiger partial charge on any atom is 0.573 e.